The minimum atomic E-state index is -0.572. The Morgan fingerprint density at radius 2 is 1.53 bits per heavy atom. The molecule has 8 heteroatoms. The van der Waals surface area contributed by atoms with E-state index in [9.17, 15) is 9.59 Å². The van der Waals surface area contributed by atoms with Crippen LogP contribution in [0.1, 0.15) is 54.8 Å². The SMILES string of the molecule is COc1ccc(OCCCN2C(=O)c3ccccc3C2=O)cc1B1OC(C)(C)C(C)(C)O1. The number of fused-ring (bicyclic) bond motifs is 1. The Kier molecular flexibility index (Phi) is 5.77. The van der Waals surface area contributed by atoms with E-state index in [2.05, 4.69) is 0 Å². The van der Waals surface area contributed by atoms with Crippen LogP contribution in [0.15, 0.2) is 42.5 Å². The number of carbonyl (C=O) groups is 2. The second kappa shape index (κ2) is 8.26. The van der Waals surface area contributed by atoms with Gasteiger partial charge < -0.3 is 18.8 Å². The molecule has 0 aliphatic carbocycles. The third-order valence-electron chi connectivity index (χ3n) is 6.38. The van der Waals surface area contributed by atoms with Crippen LogP contribution in [0.25, 0.3) is 0 Å². The Morgan fingerprint density at radius 3 is 2.09 bits per heavy atom. The summed E-state index contributed by atoms with van der Waals surface area (Å²) in [6, 6.07) is 12.4. The highest BCUT2D eigenvalue weighted by atomic mass is 16.7. The second-order valence-corrected chi connectivity index (χ2v) is 9.00. The van der Waals surface area contributed by atoms with Crippen LogP contribution in [0.4, 0.5) is 0 Å². The monoisotopic (exact) mass is 437 g/mol. The molecule has 2 aliphatic rings. The molecule has 0 bridgehead atoms. The summed E-state index contributed by atoms with van der Waals surface area (Å²) in [4.78, 5) is 26.2. The summed E-state index contributed by atoms with van der Waals surface area (Å²) < 4.78 is 23.7. The Labute approximate surface area is 188 Å². The molecule has 32 heavy (non-hydrogen) atoms. The van der Waals surface area contributed by atoms with Gasteiger partial charge in [-0.1, -0.05) is 12.1 Å². The van der Waals surface area contributed by atoms with Crippen LogP contribution in [0.5, 0.6) is 11.5 Å². The Bertz CT molecular complexity index is 1000. The van der Waals surface area contributed by atoms with Crippen molar-refractivity contribution in [2.45, 2.75) is 45.3 Å². The van der Waals surface area contributed by atoms with E-state index in [0.717, 1.165) is 5.46 Å². The fourth-order valence-corrected chi connectivity index (χ4v) is 3.81. The first-order chi connectivity index (χ1) is 15.1. The van der Waals surface area contributed by atoms with Crippen LogP contribution in [0, 0.1) is 0 Å². The van der Waals surface area contributed by atoms with Gasteiger partial charge in [0.15, 0.2) is 0 Å². The number of nitrogens with zero attached hydrogens (tertiary/aromatic N) is 1. The Morgan fingerprint density at radius 1 is 0.938 bits per heavy atom. The van der Waals surface area contributed by atoms with Crippen molar-refractivity contribution in [3.8, 4) is 11.5 Å². The summed E-state index contributed by atoms with van der Waals surface area (Å²) in [5.74, 6) is 0.788. The Hall–Kier alpha value is -2.84. The lowest BCUT2D eigenvalue weighted by Crippen LogP contribution is -2.41. The summed E-state index contributed by atoms with van der Waals surface area (Å²) >= 11 is 0. The Balaban J connectivity index is 1.38. The van der Waals surface area contributed by atoms with Crippen molar-refractivity contribution in [1.82, 2.24) is 4.90 Å². The van der Waals surface area contributed by atoms with Gasteiger partial charge in [-0.15, -0.1) is 0 Å². The summed E-state index contributed by atoms with van der Waals surface area (Å²) in [5, 5.41) is 0. The topological polar surface area (TPSA) is 74.3 Å². The molecule has 0 unspecified atom stereocenters. The van der Waals surface area contributed by atoms with Gasteiger partial charge in [-0.25, -0.2) is 0 Å². The molecule has 0 aromatic heterocycles. The van der Waals surface area contributed by atoms with E-state index in [1.165, 1.54) is 4.90 Å². The van der Waals surface area contributed by atoms with Crippen molar-refractivity contribution in [3.05, 3.63) is 53.6 Å². The number of hydrogen-bond donors (Lipinski definition) is 0. The first-order valence-electron chi connectivity index (χ1n) is 10.8. The number of hydrogen-bond acceptors (Lipinski definition) is 6. The summed E-state index contributed by atoms with van der Waals surface area (Å²) in [7, 11) is 1.03. The maximum atomic E-state index is 12.5. The van der Waals surface area contributed by atoms with Gasteiger partial charge in [0.05, 0.1) is 36.0 Å². The molecule has 168 valence electrons. The molecule has 0 radical (unpaired) electrons. The van der Waals surface area contributed by atoms with Gasteiger partial charge in [-0.3, -0.25) is 14.5 Å². The van der Waals surface area contributed by atoms with Crippen molar-refractivity contribution >= 4 is 24.4 Å². The maximum absolute atomic E-state index is 12.5. The highest BCUT2D eigenvalue weighted by Gasteiger charge is 2.52. The number of rotatable bonds is 7. The quantitative estimate of drug-likeness (QED) is 0.377. The molecule has 0 atom stereocenters. The minimum Gasteiger partial charge on any atom is -0.497 e. The van der Waals surface area contributed by atoms with E-state index < -0.39 is 18.3 Å². The molecule has 2 aromatic rings. The summed E-state index contributed by atoms with van der Waals surface area (Å²) in [6.07, 6.45) is 0.517. The average Bonchev–Trinajstić information content (AvgIpc) is 3.13. The van der Waals surface area contributed by atoms with Gasteiger partial charge in [0.1, 0.15) is 11.5 Å². The van der Waals surface area contributed by atoms with Crippen LogP contribution in [-0.4, -0.2) is 55.3 Å². The molecule has 4 rings (SSSR count). The van der Waals surface area contributed by atoms with Crippen LogP contribution >= 0.6 is 0 Å². The zero-order valence-electron chi connectivity index (χ0n) is 19.1. The second-order valence-electron chi connectivity index (χ2n) is 9.00. The molecule has 1 fully saturated rings. The lowest BCUT2D eigenvalue weighted by molar-refractivity contribution is 0.00578. The average molecular weight is 437 g/mol. The van der Waals surface area contributed by atoms with Crippen molar-refractivity contribution in [3.63, 3.8) is 0 Å². The van der Waals surface area contributed by atoms with Gasteiger partial charge >= 0.3 is 7.12 Å². The van der Waals surface area contributed by atoms with Gasteiger partial charge in [-0.2, -0.15) is 0 Å². The fraction of sp³-hybridized carbons (Fsp3) is 0.417. The number of imide groups is 1. The number of benzene rings is 2. The standard InChI is InChI=1S/C24H28BNO6/c1-23(2)24(3,4)32-25(31-23)19-15-16(11-12-20(19)29-5)30-14-8-13-26-21(27)17-9-6-7-10-18(17)22(26)28/h6-7,9-12,15H,8,13-14H2,1-5H3. The minimum absolute atomic E-state index is 0.252. The summed E-state index contributed by atoms with van der Waals surface area (Å²) in [5.41, 5.74) is 0.739. The van der Waals surface area contributed by atoms with E-state index in [1.54, 1.807) is 31.4 Å². The molecule has 2 amide bonds. The smallest absolute Gasteiger partial charge is 0.497 e. The first-order valence-corrected chi connectivity index (χ1v) is 10.8. The molecule has 2 aromatic carbocycles. The maximum Gasteiger partial charge on any atom is 0.498 e. The molecule has 1 saturated heterocycles. The van der Waals surface area contributed by atoms with E-state index in [1.807, 2.05) is 45.9 Å². The summed E-state index contributed by atoms with van der Waals surface area (Å²) in [6.45, 7) is 8.64. The fourth-order valence-electron chi connectivity index (χ4n) is 3.81. The molecule has 2 aliphatic heterocycles. The lowest BCUT2D eigenvalue weighted by Gasteiger charge is -2.32. The molecule has 7 nitrogen and oxygen atoms in total. The molecule has 0 spiro atoms. The predicted molar refractivity (Wildman–Crippen MR) is 121 cm³/mol. The highest BCUT2D eigenvalue weighted by Crippen LogP contribution is 2.37. The zero-order chi connectivity index (χ0) is 23.1. The van der Waals surface area contributed by atoms with Crippen molar-refractivity contribution in [2.75, 3.05) is 20.3 Å². The third-order valence-corrected chi connectivity index (χ3v) is 6.38. The van der Waals surface area contributed by atoms with Gasteiger partial charge in [0.25, 0.3) is 11.8 Å². The predicted octanol–water partition coefficient (Wildman–Crippen LogP) is 3.06. The molecular formula is C24H28BNO6. The first kappa shape index (κ1) is 22.4. The van der Waals surface area contributed by atoms with Crippen LogP contribution in [0.2, 0.25) is 0 Å². The van der Waals surface area contributed by atoms with E-state index in [0.29, 0.717) is 42.2 Å². The van der Waals surface area contributed by atoms with Crippen molar-refractivity contribution in [2.24, 2.45) is 0 Å². The van der Waals surface area contributed by atoms with Crippen molar-refractivity contribution < 1.29 is 28.4 Å². The number of ether oxygens (including phenoxy) is 2. The third kappa shape index (κ3) is 3.89. The molecule has 0 saturated carbocycles. The molecule has 0 N–H and O–H groups in total. The van der Waals surface area contributed by atoms with Gasteiger partial charge in [0.2, 0.25) is 0 Å². The zero-order valence-corrected chi connectivity index (χ0v) is 19.1. The molecule has 2 heterocycles. The number of methoxy groups -OCH3 is 1. The van der Waals surface area contributed by atoms with Gasteiger partial charge in [0, 0.05) is 12.0 Å². The van der Waals surface area contributed by atoms with Crippen LogP contribution in [0.3, 0.4) is 0 Å². The van der Waals surface area contributed by atoms with Crippen molar-refractivity contribution in [1.29, 1.82) is 0 Å². The lowest BCUT2D eigenvalue weighted by atomic mass is 9.78. The molecular weight excluding hydrogens is 409 g/mol. The van der Waals surface area contributed by atoms with E-state index in [4.69, 9.17) is 18.8 Å². The van der Waals surface area contributed by atoms with Crippen LogP contribution < -0.4 is 14.9 Å². The number of amides is 2. The van der Waals surface area contributed by atoms with E-state index in [-0.39, 0.29) is 11.8 Å². The van der Waals surface area contributed by atoms with E-state index >= 15 is 0 Å². The largest absolute Gasteiger partial charge is 0.498 e. The van der Waals surface area contributed by atoms with Crippen LogP contribution in [-0.2, 0) is 9.31 Å². The highest BCUT2D eigenvalue weighted by molar-refractivity contribution is 6.63. The number of carbonyl (C=O) groups excluding carboxylic acids is 2. The van der Waals surface area contributed by atoms with Gasteiger partial charge in [-0.05, 0) is 64.4 Å². The normalized spacial score (nSPS) is 18.8.